The number of carbonyl (C=O) groups is 1. The van der Waals surface area contributed by atoms with Crippen LogP contribution in [0.4, 0.5) is 0 Å². The van der Waals surface area contributed by atoms with E-state index in [0.717, 1.165) is 5.56 Å². The molecule has 2 rings (SSSR count). The average Bonchev–Trinajstić information content (AvgIpc) is 2.60. The molecule has 2 aromatic carbocycles. The Bertz CT molecular complexity index is 823. The van der Waals surface area contributed by atoms with Gasteiger partial charge in [-0.15, -0.1) is 0 Å². The van der Waals surface area contributed by atoms with Gasteiger partial charge in [0.25, 0.3) is 0 Å². The number of ether oxygens (including phenoxy) is 1. The van der Waals surface area contributed by atoms with Gasteiger partial charge >= 0.3 is 0 Å². The minimum Gasteiger partial charge on any atom is -0.494 e. The highest BCUT2D eigenvalue weighted by Crippen LogP contribution is 2.16. The van der Waals surface area contributed by atoms with Gasteiger partial charge in [-0.05, 0) is 42.8 Å². The quantitative estimate of drug-likeness (QED) is 0.733. The number of halogens is 1. The zero-order valence-corrected chi connectivity index (χ0v) is 15.2. The van der Waals surface area contributed by atoms with E-state index in [2.05, 4.69) is 10.0 Å². The van der Waals surface area contributed by atoms with E-state index in [0.29, 0.717) is 17.4 Å². The molecule has 0 spiro atoms. The summed E-state index contributed by atoms with van der Waals surface area (Å²) in [5.41, 5.74) is 0.756. The SMILES string of the molecule is CCOc1ccc(S(=O)(=O)NCC(=O)NCc2ccccc2Cl)cc1. The second-order valence-corrected chi connectivity index (χ2v) is 7.27. The lowest BCUT2D eigenvalue weighted by atomic mass is 10.2. The van der Waals surface area contributed by atoms with Crippen molar-refractivity contribution in [3.05, 3.63) is 59.1 Å². The summed E-state index contributed by atoms with van der Waals surface area (Å²) in [7, 11) is -3.77. The van der Waals surface area contributed by atoms with Gasteiger partial charge in [0, 0.05) is 11.6 Å². The van der Waals surface area contributed by atoms with Crippen molar-refractivity contribution in [1.82, 2.24) is 10.0 Å². The van der Waals surface area contributed by atoms with Gasteiger partial charge in [-0.1, -0.05) is 29.8 Å². The summed E-state index contributed by atoms with van der Waals surface area (Å²) in [5.74, 6) is 0.133. The molecule has 0 atom stereocenters. The van der Waals surface area contributed by atoms with E-state index in [1.165, 1.54) is 12.1 Å². The predicted octanol–water partition coefficient (Wildman–Crippen LogP) is 2.33. The topological polar surface area (TPSA) is 84.5 Å². The molecule has 0 aromatic heterocycles. The molecule has 0 aliphatic heterocycles. The molecule has 134 valence electrons. The molecule has 0 aliphatic rings. The Labute approximate surface area is 152 Å². The zero-order chi connectivity index (χ0) is 18.3. The standard InChI is InChI=1S/C17H19ClN2O4S/c1-2-24-14-7-9-15(10-8-14)25(22,23)20-12-17(21)19-11-13-5-3-4-6-16(13)18/h3-10,20H,2,11-12H2,1H3,(H,19,21). The lowest BCUT2D eigenvalue weighted by Gasteiger charge is -2.09. The largest absolute Gasteiger partial charge is 0.494 e. The van der Waals surface area contributed by atoms with Crippen LogP contribution in [0, 0.1) is 0 Å². The molecule has 0 fully saturated rings. The number of sulfonamides is 1. The van der Waals surface area contributed by atoms with E-state index in [4.69, 9.17) is 16.3 Å². The average molecular weight is 383 g/mol. The molecule has 2 aromatic rings. The van der Waals surface area contributed by atoms with Gasteiger partial charge in [0.05, 0.1) is 18.0 Å². The fourth-order valence-corrected chi connectivity index (χ4v) is 3.21. The lowest BCUT2D eigenvalue weighted by molar-refractivity contribution is -0.120. The molecule has 25 heavy (non-hydrogen) atoms. The monoisotopic (exact) mass is 382 g/mol. The van der Waals surface area contributed by atoms with Crippen LogP contribution in [0.2, 0.25) is 5.02 Å². The van der Waals surface area contributed by atoms with Crippen molar-refractivity contribution in [2.24, 2.45) is 0 Å². The molecular formula is C17H19ClN2O4S. The van der Waals surface area contributed by atoms with E-state index in [9.17, 15) is 13.2 Å². The molecule has 0 heterocycles. The van der Waals surface area contributed by atoms with Crippen molar-refractivity contribution in [1.29, 1.82) is 0 Å². The van der Waals surface area contributed by atoms with Gasteiger partial charge in [-0.25, -0.2) is 13.1 Å². The number of benzene rings is 2. The minimum atomic E-state index is -3.77. The third kappa shape index (κ3) is 5.74. The summed E-state index contributed by atoms with van der Waals surface area (Å²) in [4.78, 5) is 11.9. The number of hydrogen-bond donors (Lipinski definition) is 2. The second-order valence-electron chi connectivity index (χ2n) is 5.10. The minimum absolute atomic E-state index is 0.0647. The molecule has 0 unspecified atom stereocenters. The van der Waals surface area contributed by atoms with Crippen LogP contribution in [0.3, 0.4) is 0 Å². The van der Waals surface area contributed by atoms with E-state index in [1.807, 2.05) is 13.0 Å². The van der Waals surface area contributed by atoms with Crippen LogP contribution in [-0.2, 0) is 21.4 Å². The summed E-state index contributed by atoms with van der Waals surface area (Å²) < 4.78 is 31.9. The predicted molar refractivity (Wildman–Crippen MR) is 96.1 cm³/mol. The Morgan fingerprint density at radius 1 is 1.12 bits per heavy atom. The number of rotatable bonds is 8. The maximum atomic E-state index is 12.2. The van der Waals surface area contributed by atoms with E-state index in [1.54, 1.807) is 30.3 Å². The second kappa shape index (κ2) is 8.84. The summed E-state index contributed by atoms with van der Waals surface area (Å²) in [6, 6.07) is 13.1. The number of nitrogens with one attached hydrogen (secondary N) is 2. The van der Waals surface area contributed by atoms with E-state index < -0.39 is 15.9 Å². The normalized spacial score (nSPS) is 11.1. The summed E-state index contributed by atoms with van der Waals surface area (Å²) in [6.45, 7) is 2.20. The molecule has 0 aliphatic carbocycles. The van der Waals surface area contributed by atoms with Gasteiger partial charge in [0.2, 0.25) is 15.9 Å². The maximum Gasteiger partial charge on any atom is 0.241 e. The molecule has 2 N–H and O–H groups in total. The molecule has 0 radical (unpaired) electrons. The van der Waals surface area contributed by atoms with Gasteiger partial charge in [0.1, 0.15) is 5.75 Å². The van der Waals surface area contributed by atoms with Crippen LogP contribution < -0.4 is 14.8 Å². The molecule has 1 amide bonds. The first-order chi connectivity index (χ1) is 11.9. The molecule has 8 heteroatoms. The Balaban J connectivity index is 1.88. The van der Waals surface area contributed by atoms with Crippen molar-refractivity contribution in [3.8, 4) is 5.75 Å². The zero-order valence-electron chi connectivity index (χ0n) is 13.7. The van der Waals surface area contributed by atoms with Crippen LogP contribution in [0.1, 0.15) is 12.5 Å². The maximum absolute atomic E-state index is 12.2. The summed E-state index contributed by atoms with van der Waals surface area (Å²) in [5, 5.41) is 3.16. The third-order valence-corrected chi connectivity index (χ3v) is 5.09. The first kappa shape index (κ1) is 19.2. The fourth-order valence-electron chi connectivity index (χ4n) is 2.02. The van der Waals surface area contributed by atoms with E-state index >= 15 is 0 Å². The Kier molecular flexibility index (Phi) is 6.81. The highest BCUT2D eigenvalue weighted by atomic mass is 35.5. The van der Waals surface area contributed by atoms with E-state index in [-0.39, 0.29) is 18.0 Å². The van der Waals surface area contributed by atoms with Crippen LogP contribution >= 0.6 is 11.6 Å². The third-order valence-electron chi connectivity index (χ3n) is 3.30. The van der Waals surface area contributed by atoms with Crippen molar-refractivity contribution in [2.75, 3.05) is 13.2 Å². The lowest BCUT2D eigenvalue weighted by Crippen LogP contribution is -2.36. The van der Waals surface area contributed by atoms with Gasteiger partial charge in [-0.2, -0.15) is 0 Å². The van der Waals surface area contributed by atoms with Crippen LogP contribution in [0.25, 0.3) is 0 Å². The van der Waals surface area contributed by atoms with Crippen LogP contribution in [0.5, 0.6) is 5.75 Å². The van der Waals surface area contributed by atoms with Crippen molar-refractivity contribution in [3.63, 3.8) is 0 Å². The van der Waals surface area contributed by atoms with Crippen LogP contribution in [-0.4, -0.2) is 27.5 Å². The van der Waals surface area contributed by atoms with Crippen LogP contribution in [0.15, 0.2) is 53.4 Å². The Morgan fingerprint density at radius 3 is 2.44 bits per heavy atom. The molecular weight excluding hydrogens is 364 g/mol. The molecule has 0 saturated carbocycles. The van der Waals surface area contributed by atoms with Crippen molar-refractivity contribution >= 4 is 27.5 Å². The highest BCUT2D eigenvalue weighted by molar-refractivity contribution is 7.89. The number of carbonyl (C=O) groups excluding carboxylic acids is 1. The first-order valence-electron chi connectivity index (χ1n) is 7.65. The van der Waals surface area contributed by atoms with Crippen molar-refractivity contribution in [2.45, 2.75) is 18.4 Å². The molecule has 6 nitrogen and oxygen atoms in total. The Hall–Kier alpha value is -2.09. The van der Waals surface area contributed by atoms with Gasteiger partial charge < -0.3 is 10.1 Å². The summed E-state index contributed by atoms with van der Waals surface area (Å²) >= 11 is 6.00. The van der Waals surface area contributed by atoms with Gasteiger partial charge in [0.15, 0.2) is 0 Å². The smallest absolute Gasteiger partial charge is 0.241 e. The number of hydrogen-bond acceptors (Lipinski definition) is 4. The van der Waals surface area contributed by atoms with Gasteiger partial charge in [-0.3, -0.25) is 4.79 Å². The fraction of sp³-hybridized carbons (Fsp3) is 0.235. The first-order valence-corrected chi connectivity index (χ1v) is 9.51. The Morgan fingerprint density at radius 2 is 1.80 bits per heavy atom. The van der Waals surface area contributed by atoms with Crippen molar-refractivity contribution < 1.29 is 17.9 Å². The molecule has 0 saturated heterocycles. The number of amides is 1. The molecule has 0 bridgehead atoms. The summed E-state index contributed by atoms with van der Waals surface area (Å²) in [6.07, 6.45) is 0. The highest BCUT2D eigenvalue weighted by Gasteiger charge is 2.15.